The fourth-order valence-corrected chi connectivity index (χ4v) is 7.37. The number of fused-ring (bicyclic) bond motifs is 8. The Morgan fingerprint density at radius 1 is 0.426 bits per heavy atom. The van der Waals surface area contributed by atoms with Crippen LogP contribution in [0.5, 0.6) is 0 Å². The number of benzene rings is 5. The number of para-hydroxylation sites is 3. The first kappa shape index (κ1) is 25.8. The van der Waals surface area contributed by atoms with E-state index in [0.29, 0.717) is 0 Å². The van der Waals surface area contributed by atoms with Gasteiger partial charge in [-0.2, -0.15) is 0 Å². The van der Waals surface area contributed by atoms with E-state index in [2.05, 4.69) is 140 Å². The Kier molecular flexibility index (Phi) is 5.48. The molecule has 0 aliphatic carbocycles. The largest absolute Gasteiger partial charge is 0.309 e. The zero-order valence-corrected chi connectivity index (χ0v) is 25.2. The quantitative estimate of drug-likeness (QED) is 0.202. The molecular formula is C41H26N6. The summed E-state index contributed by atoms with van der Waals surface area (Å²) in [5.74, 6) is 0.859. The number of rotatable bonds is 4. The van der Waals surface area contributed by atoms with E-state index in [4.69, 9.17) is 9.97 Å². The minimum Gasteiger partial charge on any atom is -0.309 e. The van der Waals surface area contributed by atoms with Gasteiger partial charge in [0.25, 0.3) is 0 Å². The van der Waals surface area contributed by atoms with Gasteiger partial charge in [0, 0.05) is 62.5 Å². The molecule has 5 aromatic heterocycles. The van der Waals surface area contributed by atoms with E-state index < -0.39 is 0 Å². The summed E-state index contributed by atoms with van der Waals surface area (Å²) in [6.45, 7) is 0. The van der Waals surface area contributed by atoms with E-state index >= 15 is 0 Å². The highest BCUT2D eigenvalue weighted by Gasteiger charge is 2.25. The van der Waals surface area contributed by atoms with Crippen LogP contribution in [0.1, 0.15) is 0 Å². The minimum atomic E-state index is 0.836. The van der Waals surface area contributed by atoms with Gasteiger partial charge in [0.1, 0.15) is 11.5 Å². The highest BCUT2D eigenvalue weighted by atomic mass is 15.2. The van der Waals surface area contributed by atoms with Crippen molar-refractivity contribution in [3.63, 3.8) is 0 Å². The molecule has 10 aromatic rings. The van der Waals surface area contributed by atoms with E-state index in [-0.39, 0.29) is 0 Å². The monoisotopic (exact) mass is 602 g/mol. The van der Waals surface area contributed by atoms with Crippen LogP contribution in [0, 0.1) is 0 Å². The molecular weight excluding hydrogens is 576 g/mol. The van der Waals surface area contributed by atoms with E-state index in [1.165, 1.54) is 21.8 Å². The molecule has 47 heavy (non-hydrogen) atoms. The maximum atomic E-state index is 4.88. The molecule has 5 aromatic carbocycles. The topological polar surface area (TPSA) is 53.5 Å². The summed E-state index contributed by atoms with van der Waals surface area (Å²) >= 11 is 0. The van der Waals surface area contributed by atoms with Gasteiger partial charge in [-0.1, -0.05) is 72.8 Å². The van der Waals surface area contributed by atoms with Gasteiger partial charge in [0.15, 0.2) is 0 Å². The number of pyridine rings is 1. The van der Waals surface area contributed by atoms with Gasteiger partial charge >= 0.3 is 0 Å². The standard InChI is InChI=1S/C41H26N6/c1-2-11-27(12-3-1)46-37-18-10-15-31(33-26-42-23-24-43-33)39(37)40-32-25-28(20-21-36(32)47(41(40)46)38-19-8-9-22-44-38)45-34-16-6-4-13-29(34)30-14-5-7-17-35(30)45/h1-26H. The molecule has 0 unspecified atom stereocenters. The lowest BCUT2D eigenvalue weighted by Gasteiger charge is -2.13. The molecule has 0 atom stereocenters. The van der Waals surface area contributed by atoms with Crippen molar-refractivity contribution in [1.82, 2.24) is 28.7 Å². The van der Waals surface area contributed by atoms with Crippen molar-refractivity contribution < 1.29 is 0 Å². The molecule has 0 radical (unpaired) electrons. The van der Waals surface area contributed by atoms with Crippen LogP contribution in [-0.2, 0) is 0 Å². The first-order valence-electron chi connectivity index (χ1n) is 15.7. The molecule has 0 bridgehead atoms. The number of hydrogen-bond donors (Lipinski definition) is 0. The Labute approximate surface area is 269 Å². The number of hydrogen-bond acceptors (Lipinski definition) is 3. The first-order valence-corrected chi connectivity index (χ1v) is 15.7. The average molecular weight is 603 g/mol. The third kappa shape index (κ3) is 3.69. The van der Waals surface area contributed by atoms with Crippen molar-refractivity contribution in [3.05, 3.63) is 158 Å². The van der Waals surface area contributed by atoms with Gasteiger partial charge in [-0.05, 0) is 60.7 Å². The lowest BCUT2D eigenvalue weighted by molar-refractivity contribution is 1.02. The van der Waals surface area contributed by atoms with Crippen molar-refractivity contribution >= 4 is 54.6 Å². The molecule has 0 amide bonds. The molecule has 0 saturated carbocycles. The van der Waals surface area contributed by atoms with Crippen LogP contribution in [-0.4, -0.2) is 28.7 Å². The molecule has 10 rings (SSSR count). The Bertz CT molecular complexity index is 2720. The highest BCUT2D eigenvalue weighted by molar-refractivity contribution is 6.26. The van der Waals surface area contributed by atoms with Crippen molar-refractivity contribution in [3.8, 4) is 28.5 Å². The lowest BCUT2D eigenvalue weighted by atomic mass is 10.0. The van der Waals surface area contributed by atoms with Gasteiger partial charge < -0.3 is 4.57 Å². The minimum absolute atomic E-state index is 0.836. The Morgan fingerprint density at radius 2 is 1.15 bits per heavy atom. The first-order chi connectivity index (χ1) is 23.4. The van der Waals surface area contributed by atoms with Crippen molar-refractivity contribution in [2.45, 2.75) is 0 Å². The van der Waals surface area contributed by atoms with Crippen molar-refractivity contribution in [1.29, 1.82) is 0 Å². The van der Waals surface area contributed by atoms with Crippen LogP contribution >= 0.6 is 0 Å². The Morgan fingerprint density at radius 3 is 1.89 bits per heavy atom. The van der Waals surface area contributed by atoms with Gasteiger partial charge in [-0.15, -0.1) is 0 Å². The molecule has 0 saturated heterocycles. The molecule has 5 heterocycles. The fraction of sp³-hybridized carbons (Fsp3) is 0. The zero-order chi connectivity index (χ0) is 30.9. The summed E-state index contributed by atoms with van der Waals surface area (Å²) in [4.78, 5) is 14.1. The summed E-state index contributed by atoms with van der Waals surface area (Å²) < 4.78 is 7.04. The van der Waals surface area contributed by atoms with Crippen LogP contribution < -0.4 is 0 Å². The third-order valence-corrected chi connectivity index (χ3v) is 9.24. The van der Waals surface area contributed by atoms with E-state index in [9.17, 15) is 0 Å². The molecule has 0 aliphatic rings. The van der Waals surface area contributed by atoms with Gasteiger partial charge in [-0.3, -0.25) is 19.1 Å². The van der Waals surface area contributed by atoms with Gasteiger partial charge in [-0.25, -0.2) is 4.98 Å². The van der Waals surface area contributed by atoms with E-state index in [1.54, 1.807) is 12.4 Å². The summed E-state index contributed by atoms with van der Waals surface area (Å²) in [6.07, 6.45) is 7.19. The fourth-order valence-electron chi connectivity index (χ4n) is 7.37. The molecule has 0 aliphatic heterocycles. The SMILES string of the molecule is c1ccc(-n2c3cccc(-c4cnccn4)c3c3c4cc(-n5c6ccccc6c6ccccc65)ccc4n(-c4ccccn4)c32)cc1. The molecule has 0 N–H and O–H groups in total. The molecule has 220 valence electrons. The normalized spacial score (nSPS) is 11.8. The summed E-state index contributed by atoms with van der Waals surface area (Å²) in [5.41, 5.74) is 9.65. The second kappa shape index (κ2) is 9.99. The van der Waals surface area contributed by atoms with Crippen LogP contribution in [0.2, 0.25) is 0 Å². The Balaban J connectivity index is 1.42. The number of nitrogens with zero attached hydrogens (tertiary/aromatic N) is 6. The summed E-state index contributed by atoms with van der Waals surface area (Å²) in [5, 5.41) is 5.90. The van der Waals surface area contributed by atoms with E-state index in [1.807, 2.05) is 24.5 Å². The van der Waals surface area contributed by atoms with Gasteiger partial charge in [0.05, 0.1) is 34.0 Å². The molecule has 0 fully saturated rings. The van der Waals surface area contributed by atoms with Gasteiger partial charge in [0.2, 0.25) is 0 Å². The second-order valence-corrected chi connectivity index (χ2v) is 11.8. The van der Waals surface area contributed by atoms with Crippen molar-refractivity contribution in [2.75, 3.05) is 0 Å². The maximum absolute atomic E-state index is 4.88. The molecule has 0 spiro atoms. The maximum Gasteiger partial charge on any atom is 0.138 e. The number of aromatic nitrogens is 6. The van der Waals surface area contributed by atoms with Crippen LogP contribution in [0.4, 0.5) is 0 Å². The highest BCUT2D eigenvalue weighted by Crippen LogP contribution is 2.45. The van der Waals surface area contributed by atoms with Crippen molar-refractivity contribution in [2.24, 2.45) is 0 Å². The predicted octanol–water partition coefficient (Wildman–Crippen LogP) is 9.68. The second-order valence-electron chi connectivity index (χ2n) is 11.8. The zero-order valence-electron chi connectivity index (χ0n) is 25.2. The van der Waals surface area contributed by atoms with Crippen LogP contribution in [0.15, 0.2) is 158 Å². The summed E-state index contributed by atoms with van der Waals surface area (Å²) in [6, 6.07) is 47.3. The smallest absolute Gasteiger partial charge is 0.138 e. The predicted molar refractivity (Wildman–Crippen MR) is 191 cm³/mol. The Hall–Kier alpha value is -6.53. The molecule has 6 heteroatoms. The lowest BCUT2D eigenvalue weighted by Crippen LogP contribution is -2.03. The van der Waals surface area contributed by atoms with E-state index in [0.717, 1.165) is 61.3 Å². The van der Waals surface area contributed by atoms with Crippen LogP contribution in [0.3, 0.4) is 0 Å². The molecule has 6 nitrogen and oxygen atoms in total. The third-order valence-electron chi connectivity index (χ3n) is 9.24. The summed E-state index contributed by atoms with van der Waals surface area (Å²) in [7, 11) is 0. The average Bonchev–Trinajstić information content (AvgIpc) is 3.78. The van der Waals surface area contributed by atoms with Crippen LogP contribution in [0.25, 0.3) is 83.1 Å².